The van der Waals surface area contributed by atoms with Crippen LogP contribution >= 0.6 is 11.6 Å². The van der Waals surface area contributed by atoms with E-state index >= 15 is 0 Å². The maximum absolute atomic E-state index is 10.3. The molecule has 0 unspecified atom stereocenters. The fraction of sp³-hybridized carbons (Fsp3) is 0.538. The number of aryl methyl sites for hydroxylation is 1. The minimum atomic E-state index is -0.677. The van der Waals surface area contributed by atoms with Crippen LogP contribution in [0.4, 0.5) is 0 Å². The third-order valence-corrected chi connectivity index (χ3v) is 6.45. The Hall–Kier alpha value is -1.83. The van der Waals surface area contributed by atoms with Crippen LogP contribution in [0, 0.1) is 6.92 Å². The van der Waals surface area contributed by atoms with Crippen molar-refractivity contribution < 1.29 is 24.4 Å². The number of hydrogen-bond donors (Lipinski definition) is 2. The van der Waals surface area contributed by atoms with Crippen molar-refractivity contribution in [2.45, 2.75) is 38.4 Å². The Balaban J connectivity index is 1.57. The molecule has 1 heterocycles. The molecule has 3 rings (SSSR count). The topological polar surface area (TPSA) is 71.4 Å². The molecule has 2 aromatic carbocycles. The maximum Gasteiger partial charge on any atom is 0.122 e. The molecule has 2 N–H and O–H groups in total. The van der Waals surface area contributed by atoms with Gasteiger partial charge in [0.2, 0.25) is 0 Å². The van der Waals surface area contributed by atoms with E-state index in [1.807, 2.05) is 25.1 Å². The first-order chi connectivity index (χ1) is 15.8. The van der Waals surface area contributed by atoms with E-state index < -0.39 is 12.2 Å². The second-order valence-corrected chi connectivity index (χ2v) is 9.44. The lowest BCUT2D eigenvalue weighted by Crippen LogP contribution is -2.42. The molecule has 33 heavy (non-hydrogen) atoms. The number of halogens is 1. The molecule has 182 valence electrons. The highest BCUT2D eigenvalue weighted by Crippen LogP contribution is 2.34. The molecular weight excluding hydrogens is 442 g/mol. The number of aliphatic hydroxyl groups is 2. The smallest absolute Gasteiger partial charge is 0.122 e. The van der Waals surface area contributed by atoms with Crippen molar-refractivity contribution in [3.05, 3.63) is 59.2 Å². The highest BCUT2D eigenvalue weighted by molar-refractivity contribution is 6.18. The lowest BCUT2D eigenvalue weighted by molar-refractivity contribution is 0.00465. The van der Waals surface area contributed by atoms with Gasteiger partial charge in [-0.2, -0.15) is 0 Å². The van der Waals surface area contributed by atoms with E-state index in [2.05, 4.69) is 43.0 Å². The van der Waals surface area contributed by atoms with Crippen LogP contribution in [-0.4, -0.2) is 79.3 Å². The molecule has 0 aromatic heterocycles. The van der Waals surface area contributed by atoms with E-state index in [9.17, 15) is 10.2 Å². The quantitative estimate of drug-likeness (QED) is 0.483. The van der Waals surface area contributed by atoms with Crippen molar-refractivity contribution in [1.82, 2.24) is 4.90 Å². The fourth-order valence-electron chi connectivity index (χ4n) is 3.89. The van der Waals surface area contributed by atoms with Gasteiger partial charge in [0.05, 0.1) is 19.1 Å². The third-order valence-electron chi connectivity index (χ3n) is 6.10. The molecule has 1 aliphatic heterocycles. The summed E-state index contributed by atoms with van der Waals surface area (Å²) in [5.41, 5.74) is 3.12. The molecule has 7 heteroatoms. The highest BCUT2D eigenvalue weighted by atomic mass is 35.5. The van der Waals surface area contributed by atoms with Crippen LogP contribution < -0.4 is 9.47 Å². The van der Waals surface area contributed by atoms with Gasteiger partial charge in [-0.15, -0.1) is 11.6 Å². The second-order valence-electron chi connectivity index (χ2n) is 9.13. The summed E-state index contributed by atoms with van der Waals surface area (Å²) in [6, 6.07) is 14.2. The van der Waals surface area contributed by atoms with Gasteiger partial charge in [0, 0.05) is 25.0 Å². The third kappa shape index (κ3) is 7.33. The zero-order valence-corrected chi connectivity index (χ0v) is 20.6. The molecule has 0 spiro atoms. The van der Waals surface area contributed by atoms with Gasteiger partial charge < -0.3 is 24.4 Å². The molecule has 0 aliphatic carbocycles. The van der Waals surface area contributed by atoms with Gasteiger partial charge in [0.25, 0.3) is 0 Å². The monoisotopic (exact) mass is 477 g/mol. The molecule has 6 nitrogen and oxygen atoms in total. The number of ether oxygens (including phenoxy) is 3. The molecule has 1 fully saturated rings. The Bertz CT molecular complexity index is 867. The summed E-state index contributed by atoms with van der Waals surface area (Å²) in [6.07, 6.45) is -1.21. The summed E-state index contributed by atoms with van der Waals surface area (Å²) < 4.78 is 16.9. The molecule has 1 saturated heterocycles. The van der Waals surface area contributed by atoms with Gasteiger partial charge in [0.15, 0.2) is 0 Å². The first kappa shape index (κ1) is 25.8. The number of aliphatic hydroxyl groups excluding tert-OH is 2. The predicted molar refractivity (Wildman–Crippen MR) is 131 cm³/mol. The van der Waals surface area contributed by atoms with E-state index in [1.165, 1.54) is 5.56 Å². The Morgan fingerprint density at radius 1 is 0.970 bits per heavy atom. The molecule has 1 aliphatic rings. The second kappa shape index (κ2) is 12.0. The van der Waals surface area contributed by atoms with E-state index in [0.29, 0.717) is 6.54 Å². The number of β-amino-alcohol motifs (C(OH)–C–C–N with tert-alkyl or cyclic N) is 1. The van der Waals surface area contributed by atoms with Gasteiger partial charge in [-0.1, -0.05) is 38.1 Å². The first-order valence-corrected chi connectivity index (χ1v) is 12.0. The van der Waals surface area contributed by atoms with Crippen LogP contribution in [0.3, 0.4) is 0 Å². The minimum absolute atomic E-state index is 0.150. The number of benzene rings is 2. The van der Waals surface area contributed by atoms with Crippen molar-refractivity contribution in [3.8, 4) is 11.5 Å². The number of nitrogens with zero attached hydrogens (tertiary/aromatic N) is 1. The van der Waals surface area contributed by atoms with Crippen molar-refractivity contribution >= 4 is 11.6 Å². The number of alkyl halides is 1. The van der Waals surface area contributed by atoms with Crippen molar-refractivity contribution in [2.75, 3.05) is 51.9 Å². The molecule has 0 radical (unpaired) electrons. The van der Waals surface area contributed by atoms with E-state index in [4.69, 9.17) is 25.8 Å². The zero-order chi connectivity index (χ0) is 23.8. The zero-order valence-electron chi connectivity index (χ0n) is 19.8. The Morgan fingerprint density at radius 3 is 2.24 bits per heavy atom. The predicted octanol–water partition coefficient (Wildman–Crippen LogP) is 3.37. The molecule has 0 bridgehead atoms. The molecule has 0 saturated carbocycles. The van der Waals surface area contributed by atoms with Crippen molar-refractivity contribution in [1.29, 1.82) is 0 Å². The van der Waals surface area contributed by atoms with Gasteiger partial charge in [-0.3, -0.25) is 4.90 Å². The Labute approximate surface area is 202 Å². The van der Waals surface area contributed by atoms with Crippen LogP contribution in [0.15, 0.2) is 42.5 Å². The van der Waals surface area contributed by atoms with Crippen LogP contribution in [-0.2, 0) is 10.2 Å². The molecule has 0 amide bonds. The molecule has 2 aromatic rings. The number of morpholine rings is 1. The summed E-state index contributed by atoms with van der Waals surface area (Å²) >= 11 is 5.64. The molecular formula is C26H36ClNO5. The van der Waals surface area contributed by atoms with Gasteiger partial charge in [-0.25, -0.2) is 0 Å². The van der Waals surface area contributed by atoms with Crippen LogP contribution in [0.2, 0.25) is 0 Å². The van der Waals surface area contributed by atoms with Gasteiger partial charge >= 0.3 is 0 Å². The highest BCUT2D eigenvalue weighted by Gasteiger charge is 2.24. The average Bonchev–Trinajstić information content (AvgIpc) is 2.82. The first-order valence-electron chi connectivity index (χ1n) is 11.5. The average molecular weight is 478 g/mol. The van der Waals surface area contributed by atoms with Crippen LogP contribution in [0.25, 0.3) is 0 Å². The lowest BCUT2D eigenvalue weighted by Gasteiger charge is -2.28. The standard InChI is InChI=1S/C26H36ClNO5/c1-19-14-21(6-9-25(19)33-17-22(29)15-27)26(2,3)20-4-7-24(8-5-20)32-18-23(30)16-28-10-12-31-13-11-28/h4-9,14,22-23,29-30H,10-13,15-18H2,1-3H3/t22-,23-/m0/s1. The van der Waals surface area contributed by atoms with E-state index in [-0.39, 0.29) is 24.5 Å². The minimum Gasteiger partial charge on any atom is -0.491 e. The summed E-state index contributed by atoms with van der Waals surface area (Å²) in [6.45, 7) is 10.5. The summed E-state index contributed by atoms with van der Waals surface area (Å²) in [5, 5.41) is 19.9. The molecule has 2 atom stereocenters. The SMILES string of the molecule is Cc1cc(C(C)(C)c2ccc(OC[C@@H](O)CN3CCOCC3)cc2)ccc1OC[C@@H](O)CCl. The van der Waals surface area contributed by atoms with Gasteiger partial charge in [0.1, 0.15) is 36.9 Å². The summed E-state index contributed by atoms with van der Waals surface area (Å²) in [5.74, 6) is 1.64. The Morgan fingerprint density at radius 2 is 1.61 bits per heavy atom. The van der Waals surface area contributed by atoms with E-state index in [0.717, 1.165) is 48.9 Å². The maximum atomic E-state index is 10.3. The van der Waals surface area contributed by atoms with Crippen LogP contribution in [0.1, 0.15) is 30.5 Å². The normalized spacial score (nSPS) is 16.9. The number of hydrogen-bond acceptors (Lipinski definition) is 6. The van der Waals surface area contributed by atoms with Crippen molar-refractivity contribution in [2.24, 2.45) is 0 Å². The van der Waals surface area contributed by atoms with Crippen molar-refractivity contribution in [3.63, 3.8) is 0 Å². The fourth-order valence-corrected chi connectivity index (χ4v) is 3.98. The van der Waals surface area contributed by atoms with Crippen LogP contribution in [0.5, 0.6) is 11.5 Å². The van der Waals surface area contributed by atoms with Gasteiger partial charge in [-0.05, 0) is 41.8 Å². The summed E-state index contributed by atoms with van der Waals surface area (Å²) in [7, 11) is 0. The number of rotatable bonds is 11. The lowest BCUT2D eigenvalue weighted by atomic mass is 9.77. The summed E-state index contributed by atoms with van der Waals surface area (Å²) in [4.78, 5) is 2.20. The largest absolute Gasteiger partial charge is 0.491 e. The van der Waals surface area contributed by atoms with E-state index in [1.54, 1.807) is 0 Å². The Kier molecular flexibility index (Phi) is 9.41.